The molecular formula is C20H35NO4. The number of likely N-dealkylation sites (tertiary alicyclic amines) is 1. The van der Waals surface area contributed by atoms with Gasteiger partial charge in [-0.25, -0.2) is 4.79 Å². The van der Waals surface area contributed by atoms with E-state index in [2.05, 4.69) is 6.92 Å². The summed E-state index contributed by atoms with van der Waals surface area (Å²) in [4.78, 5) is 38.1. The molecule has 1 amide bonds. The second kappa shape index (κ2) is 12.9. The number of ether oxygens (including phenoxy) is 1. The zero-order chi connectivity index (χ0) is 18.5. The Morgan fingerprint density at radius 3 is 2.32 bits per heavy atom. The van der Waals surface area contributed by atoms with E-state index >= 15 is 0 Å². The molecule has 0 aromatic rings. The van der Waals surface area contributed by atoms with Crippen molar-refractivity contribution in [2.75, 3.05) is 13.2 Å². The highest BCUT2D eigenvalue weighted by atomic mass is 16.5. The zero-order valence-corrected chi connectivity index (χ0v) is 16.1. The Hall–Kier alpha value is -1.39. The van der Waals surface area contributed by atoms with E-state index in [-0.39, 0.29) is 24.1 Å². The van der Waals surface area contributed by atoms with Gasteiger partial charge in [0.1, 0.15) is 11.8 Å². The van der Waals surface area contributed by atoms with Crippen LogP contribution in [0.5, 0.6) is 0 Å². The molecule has 0 bridgehead atoms. The van der Waals surface area contributed by atoms with Crippen molar-refractivity contribution in [2.24, 2.45) is 0 Å². The fourth-order valence-electron chi connectivity index (χ4n) is 3.35. The van der Waals surface area contributed by atoms with Crippen molar-refractivity contribution in [1.82, 2.24) is 4.90 Å². The summed E-state index contributed by atoms with van der Waals surface area (Å²) in [5.41, 5.74) is 0. The molecule has 1 unspecified atom stereocenters. The number of ketones is 1. The van der Waals surface area contributed by atoms with Gasteiger partial charge in [-0.1, -0.05) is 45.4 Å². The van der Waals surface area contributed by atoms with Crippen molar-refractivity contribution in [3.05, 3.63) is 0 Å². The third kappa shape index (κ3) is 8.50. The van der Waals surface area contributed by atoms with Crippen LogP contribution >= 0.6 is 0 Å². The molecule has 0 saturated carbocycles. The maximum atomic E-state index is 12.4. The number of amides is 1. The number of hydrogen-bond donors (Lipinski definition) is 0. The van der Waals surface area contributed by atoms with Crippen LogP contribution in [0.25, 0.3) is 0 Å². The molecule has 1 aliphatic rings. The van der Waals surface area contributed by atoms with E-state index in [4.69, 9.17) is 4.74 Å². The fraction of sp³-hybridized carbons (Fsp3) is 0.850. The molecule has 0 aliphatic carbocycles. The third-order valence-electron chi connectivity index (χ3n) is 4.79. The topological polar surface area (TPSA) is 63.7 Å². The molecule has 0 N–H and O–H groups in total. The van der Waals surface area contributed by atoms with Crippen LogP contribution in [0.15, 0.2) is 0 Å². The van der Waals surface area contributed by atoms with Gasteiger partial charge in [0.15, 0.2) is 0 Å². The van der Waals surface area contributed by atoms with Gasteiger partial charge in [0.05, 0.1) is 13.0 Å². The summed E-state index contributed by atoms with van der Waals surface area (Å²) < 4.78 is 5.07. The average Bonchev–Trinajstić information content (AvgIpc) is 2.61. The first-order valence-corrected chi connectivity index (χ1v) is 10.1. The number of esters is 1. The number of hydrogen-bond acceptors (Lipinski definition) is 4. The van der Waals surface area contributed by atoms with Crippen LogP contribution in [0.1, 0.15) is 90.9 Å². The molecule has 25 heavy (non-hydrogen) atoms. The molecular weight excluding hydrogens is 318 g/mol. The maximum absolute atomic E-state index is 12.4. The van der Waals surface area contributed by atoms with Gasteiger partial charge >= 0.3 is 5.97 Å². The lowest BCUT2D eigenvalue weighted by Crippen LogP contribution is -2.49. The summed E-state index contributed by atoms with van der Waals surface area (Å²) in [6.45, 7) is 4.82. The molecule has 1 fully saturated rings. The minimum atomic E-state index is -0.507. The molecule has 1 aliphatic heterocycles. The Morgan fingerprint density at radius 1 is 0.960 bits per heavy atom. The number of rotatable bonds is 12. The normalized spacial score (nSPS) is 17.4. The summed E-state index contributed by atoms with van der Waals surface area (Å²) >= 11 is 0. The Morgan fingerprint density at radius 2 is 1.64 bits per heavy atom. The Balaban J connectivity index is 2.30. The minimum absolute atomic E-state index is 0.00765. The Labute approximate surface area is 152 Å². The van der Waals surface area contributed by atoms with Crippen molar-refractivity contribution in [2.45, 2.75) is 96.9 Å². The summed E-state index contributed by atoms with van der Waals surface area (Å²) in [7, 11) is 0. The third-order valence-corrected chi connectivity index (χ3v) is 4.79. The monoisotopic (exact) mass is 353 g/mol. The van der Waals surface area contributed by atoms with Gasteiger partial charge in [0.25, 0.3) is 0 Å². The molecule has 0 aromatic heterocycles. The molecule has 1 rings (SSSR count). The molecule has 1 saturated heterocycles. The van der Waals surface area contributed by atoms with Crippen molar-refractivity contribution in [3.8, 4) is 0 Å². The smallest absolute Gasteiger partial charge is 0.328 e. The van der Waals surface area contributed by atoms with Gasteiger partial charge in [-0.3, -0.25) is 9.59 Å². The maximum Gasteiger partial charge on any atom is 0.328 e. The summed E-state index contributed by atoms with van der Waals surface area (Å²) in [5.74, 6) is -0.562. The van der Waals surface area contributed by atoms with E-state index in [1.807, 2.05) is 0 Å². The highest BCUT2D eigenvalue weighted by Gasteiger charge is 2.33. The fourth-order valence-corrected chi connectivity index (χ4v) is 3.35. The molecule has 1 atom stereocenters. The zero-order valence-electron chi connectivity index (χ0n) is 16.1. The number of nitrogens with zero attached hydrogens (tertiary/aromatic N) is 1. The number of piperidine rings is 1. The Kier molecular flexibility index (Phi) is 11.2. The van der Waals surface area contributed by atoms with Crippen LogP contribution in [-0.2, 0) is 19.1 Å². The predicted octanol–water partition coefficient (Wildman–Crippen LogP) is 4.03. The van der Waals surface area contributed by atoms with Gasteiger partial charge in [-0.05, 0) is 32.6 Å². The van der Waals surface area contributed by atoms with E-state index in [9.17, 15) is 14.4 Å². The standard InChI is InChI=1S/C20H35NO4/c1-3-5-6-7-8-9-10-13-17(22)16-19(23)21-15-12-11-14-18(21)20(24)25-4-2/h18H,3-16H2,1-2H3. The van der Waals surface area contributed by atoms with Crippen molar-refractivity contribution in [1.29, 1.82) is 0 Å². The molecule has 5 nitrogen and oxygen atoms in total. The van der Waals surface area contributed by atoms with Crippen LogP contribution in [-0.4, -0.2) is 41.8 Å². The highest BCUT2D eigenvalue weighted by molar-refractivity contribution is 5.99. The van der Waals surface area contributed by atoms with Crippen LogP contribution in [0.2, 0.25) is 0 Å². The van der Waals surface area contributed by atoms with E-state index in [0.717, 1.165) is 32.1 Å². The lowest BCUT2D eigenvalue weighted by Gasteiger charge is -2.33. The van der Waals surface area contributed by atoms with E-state index < -0.39 is 6.04 Å². The molecule has 144 valence electrons. The quantitative estimate of drug-likeness (QED) is 0.302. The lowest BCUT2D eigenvalue weighted by molar-refractivity contribution is -0.157. The molecule has 0 aromatic carbocycles. The lowest BCUT2D eigenvalue weighted by atomic mass is 10.0. The van der Waals surface area contributed by atoms with Gasteiger partial charge in [-0.2, -0.15) is 0 Å². The first kappa shape index (κ1) is 21.7. The molecule has 1 heterocycles. The summed E-state index contributed by atoms with van der Waals surface area (Å²) in [6, 6.07) is -0.507. The van der Waals surface area contributed by atoms with E-state index in [0.29, 0.717) is 26.0 Å². The molecule has 5 heteroatoms. The van der Waals surface area contributed by atoms with Gasteiger partial charge in [0.2, 0.25) is 5.91 Å². The van der Waals surface area contributed by atoms with Crippen LogP contribution in [0.4, 0.5) is 0 Å². The Bertz CT molecular complexity index is 422. The van der Waals surface area contributed by atoms with Gasteiger partial charge < -0.3 is 9.64 Å². The van der Waals surface area contributed by atoms with E-state index in [1.54, 1.807) is 11.8 Å². The SMILES string of the molecule is CCCCCCCCCC(=O)CC(=O)N1CCCCC1C(=O)OCC. The number of unbranched alkanes of at least 4 members (excludes halogenated alkanes) is 6. The second-order valence-corrected chi connectivity index (χ2v) is 6.94. The van der Waals surface area contributed by atoms with E-state index in [1.165, 1.54) is 25.7 Å². The second-order valence-electron chi connectivity index (χ2n) is 6.94. The summed E-state index contributed by atoms with van der Waals surface area (Å²) in [6.07, 6.45) is 10.9. The van der Waals surface area contributed by atoms with Crippen molar-refractivity contribution < 1.29 is 19.1 Å². The largest absolute Gasteiger partial charge is 0.464 e. The van der Waals surface area contributed by atoms with Crippen molar-refractivity contribution in [3.63, 3.8) is 0 Å². The number of carbonyl (C=O) groups excluding carboxylic acids is 3. The van der Waals surface area contributed by atoms with Gasteiger partial charge in [0, 0.05) is 13.0 Å². The average molecular weight is 354 g/mol. The van der Waals surface area contributed by atoms with Crippen LogP contribution < -0.4 is 0 Å². The van der Waals surface area contributed by atoms with Crippen molar-refractivity contribution >= 4 is 17.7 Å². The molecule has 0 spiro atoms. The number of carbonyl (C=O) groups is 3. The minimum Gasteiger partial charge on any atom is -0.464 e. The molecule has 0 radical (unpaired) electrons. The first-order valence-electron chi connectivity index (χ1n) is 10.1. The highest BCUT2D eigenvalue weighted by Crippen LogP contribution is 2.20. The van der Waals surface area contributed by atoms with Crippen LogP contribution in [0.3, 0.4) is 0 Å². The predicted molar refractivity (Wildman–Crippen MR) is 98.2 cm³/mol. The summed E-state index contributed by atoms with van der Waals surface area (Å²) in [5, 5.41) is 0. The van der Waals surface area contributed by atoms with Gasteiger partial charge in [-0.15, -0.1) is 0 Å². The first-order chi connectivity index (χ1) is 12.1. The number of Topliss-reactive ketones (excluding diaryl/α,β-unsaturated/α-hetero) is 1. The van der Waals surface area contributed by atoms with Crippen LogP contribution in [0, 0.1) is 0 Å².